The van der Waals surface area contributed by atoms with Crippen LogP contribution in [0.5, 0.6) is 5.75 Å². The maximum absolute atomic E-state index is 12.6. The average molecular weight is 339 g/mol. The number of carbonyl (C=O) groups is 2. The van der Waals surface area contributed by atoms with E-state index in [1.54, 1.807) is 17.0 Å². The Morgan fingerprint density at radius 1 is 1.24 bits per heavy atom. The molecule has 0 aliphatic carbocycles. The number of aryl methyl sites for hydroxylation is 1. The van der Waals surface area contributed by atoms with Crippen LogP contribution in [0.15, 0.2) is 48.5 Å². The topological polar surface area (TPSA) is 66.8 Å². The molecular weight excluding hydrogens is 318 g/mol. The molecule has 1 saturated heterocycles. The molecule has 1 heterocycles. The van der Waals surface area contributed by atoms with Crippen LogP contribution in [0.3, 0.4) is 0 Å². The van der Waals surface area contributed by atoms with Crippen molar-refractivity contribution in [1.29, 1.82) is 0 Å². The van der Waals surface area contributed by atoms with Gasteiger partial charge < -0.3 is 14.7 Å². The lowest BCUT2D eigenvalue weighted by Gasteiger charge is -2.29. The van der Waals surface area contributed by atoms with Crippen molar-refractivity contribution in [3.05, 3.63) is 65.2 Å². The van der Waals surface area contributed by atoms with Gasteiger partial charge in [0.2, 0.25) is 5.91 Å². The summed E-state index contributed by atoms with van der Waals surface area (Å²) in [6.07, 6.45) is -0.494. The molecule has 5 nitrogen and oxygen atoms in total. The van der Waals surface area contributed by atoms with Crippen LogP contribution in [0.2, 0.25) is 0 Å². The van der Waals surface area contributed by atoms with Gasteiger partial charge in [0.1, 0.15) is 11.9 Å². The molecule has 0 bridgehead atoms. The molecule has 2 aromatic carbocycles. The minimum atomic E-state index is -0.610. The van der Waals surface area contributed by atoms with Crippen molar-refractivity contribution in [1.82, 2.24) is 4.90 Å². The molecule has 2 atom stereocenters. The summed E-state index contributed by atoms with van der Waals surface area (Å²) in [4.78, 5) is 25.8. The number of carbonyl (C=O) groups excluding carboxylic acids is 2. The fourth-order valence-electron chi connectivity index (χ4n) is 3.32. The largest absolute Gasteiger partial charge is 0.508 e. The summed E-state index contributed by atoms with van der Waals surface area (Å²) in [6.45, 7) is 3.65. The number of rotatable bonds is 4. The Kier molecular flexibility index (Phi) is 4.74. The average Bonchev–Trinajstić information content (AvgIpc) is 2.85. The van der Waals surface area contributed by atoms with Gasteiger partial charge in [-0.15, -0.1) is 0 Å². The number of nitrogens with zero attached hydrogens (tertiary/aromatic N) is 1. The zero-order valence-electron chi connectivity index (χ0n) is 14.3. The lowest BCUT2D eigenvalue weighted by atomic mass is 9.98. The molecule has 1 aliphatic rings. The van der Waals surface area contributed by atoms with E-state index in [9.17, 15) is 14.7 Å². The predicted octanol–water partition coefficient (Wildman–Crippen LogP) is 3.11. The smallest absolute Gasteiger partial charge is 0.303 e. The number of amides is 1. The van der Waals surface area contributed by atoms with Gasteiger partial charge in [-0.2, -0.15) is 0 Å². The van der Waals surface area contributed by atoms with E-state index in [2.05, 4.69) is 0 Å². The molecule has 130 valence electrons. The summed E-state index contributed by atoms with van der Waals surface area (Å²) in [5, 5.41) is 10.3. The highest BCUT2D eigenvalue weighted by Crippen LogP contribution is 2.40. The van der Waals surface area contributed by atoms with Gasteiger partial charge in [0.15, 0.2) is 0 Å². The van der Waals surface area contributed by atoms with Crippen LogP contribution in [0.1, 0.15) is 36.1 Å². The molecule has 5 heteroatoms. The Labute approximate surface area is 146 Å². The summed E-state index contributed by atoms with van der Waals surface area (Å²) in [7, 11) is 0. The lowest BCUT2D eigenvalue weighted by molar-refractivity contribution is -0.147. The number of esters is 1. The van der Waals surface area contributed by atoms with Crippen LogP contribution in [0.25, 0.3) is 0 Å². The fraction of sp³-hybridized carbons (Fsp3) is 0.300. The van der Waals surface area contributed by atoms with Gasteiger partial charge in [-0.05, 0) is 18.6 Å². The number of phenols is 1. The first-order valence-electron chi connectivity index (χ1n) is 8.26. The Morgan fingerprint density at radius 3 is 2.64 bits per heavy atom. The molecule has 2 aromatic rings. The molecule has 1 aliphatic heterocycles. The second kappa shape index (κ2) is 6.97. The van der Waals surface area contributed by atoms with E-state index in [4.69, 9.17) is 4.74 Å². The molecule has 1 N–H and O–H groups in total. The van der Waals surface area contributed by atoms with Crippen LogP contribution in [-0.4, -0.2) is 28.0 Å². The van der Waals surface area contributed by atoms with Crippen molar-refractivity contribution in [3.8, 4) is 5.75 Å². The van der Waals surface area contributed by atoms with Gasteiger partial charge >= 0.3 is 5.97 Å². The van der Waals surface area contributed by atoms with Crippen molar-refractivity contribution in [3.63, 3.8) is 0 Å². The van der Waals surface area contributed by atoms with Gasteiger partial charge in [-0.3, -0.25) is 9.59 Å². The second-order valence-corrected chi connectivity index (χ2v) is 6.37. The molecule has 3 rings (SSSR count). The van der Waals surface area contributed by atoms with Crippen LogP contribution in [-0.2, 0) is 20.9 Å². The van der Waals surface area contributed by atoms with E-state index in [0.29, 0.717) is 12.1 Å². The Balaban J connectivity index is 2.00. The fourth-order valence-corrected chi connectivity index (χ4v) is 3.32. The van der Waals surface area contributed by atoms with Gasteiger partial charge in [-0.25, -0.2) is 0 Å². The Hall–Kier alpha value is -2.82. The van der Waals surface area contributed by atoms with Gasteiger partial charge in [0.05, 0.1) is 12.5 Å². The van der Waals surface area contributed by atoms with Crippen molar-refractivity contribution in [2.75, 3.05) is 0 Å². The molecule has 0 saturated carbocycles. The highest BCUT2D eigenvalue weighted by Gasteiger charge is 2.43. The molecule has 1 fully saturated rings. The number of hydrogen-bond acceptors (Lipinski definition) is 4. The maximum atomic E-state index is 12.6. The quantitative estimate of drug-likeness (QED) is 0.869. The molecule has 0 aromatic heterocycles. The third kappa shape index (κ3) is 3.65. The standard InChI is InChI=1S/C20H21NO4/c1-13-8-9-17(23)16(10-13)20-18(25-14(2)22)11-19(24)21(20)12-15-6-4-3-5-7-15/h3-10,18,20,23H,11-12H2,1-2H3. The first kappa shape index (κ1) is 17.0. The van der Waals surface area contributed by atoms with E-state index >= 15 is 0 Å². The van der Waals surface area contributed by atoms with Crippen LogP contribution < -0.4 is 0 Å². The molecular formula is C20H21NO4. The lowest BCUT2D eigenvalue weighted by Crippen LogP contribution is -2.31. The third-order valence-corrected chi connectivity index (χ3v) is 4.40. The predicted molar refractivity (Wildman–Crippen MR) is 92.7 cm³/mol. The number of hydrogen-bond donors (Lipinski definition) is 1. The molecule has 25 heavy (non-hydrogen) atoms. The van der Waals surface area contributed by atoms with E-state index in [1.165, 1.54) is 6.92 Å². The summed E-state index contributed by atoms with van der Waals surface area (Å²) >= 11 is 0. The zero-order valence-corrected chi connectivity index (χ0v) is 14.3. The van der Waals surface area contributed by atoms with Crippen molar-refractivity contribution in [2.45, 2.75) is 39.0 Å². The highest BCUT2D eigenvalue weighted by molar-refractivity contribution is 5.81. The number of aromatic hydroxyl groups is 1. The Bertz CT molecular complexity index is 788. The molecule has 0 radical (unpaired) electrons. The summed E-state index contributed by atoms with van der Waals surface area (Å²) < 4.78 is 5.40. The van der Waals surface area contributed by atoms with E-state index in [-0.39, 0.29) is 18.1 Å². The number of likely N-dealkylation sites (tertiary alicyclic amines) is 1. The number of ether oxygens (including phenoxy) is 1. The van der Waals surface area contributed by atoms with Crippen molar-refractivity contribution < 1.29 is 19.4 Å². The van der Waals surface area contributed by atoms with E-state index in [1.807, 2.05) is 43.3 Å². The molecule has 0 spiro atoms. The normalized spacial score (nSPS) is 19.9. The number of phenolic OH excluding ortho intramolecular Hbond substituents is 1. The van der Waals surface area contributed by atoms with E-state index in [0.717, 1.165) is 11.1 Å². The van der Waals surface area contributed by atoms with Crippen LogP contribution >= 0.6 is 0 Å². The van der Waals surface area contributed by atoms with Crippen molar-refractivity contribution >= 4 is 11.9 Å². The van der Waals surface area contributed by atoms with Gasteiger partial charge in [0.25, 0.3) is 0 Å². The summed E-state index contributed by atoms with van der Waals surface area (Å²) in [5.74, 6) is -0.432. The molecule has 2 unspecified atom stereocenters. The first-order chi connectivity index (χ1) is 12.0. The monoisotopic (exact) mass is 339 g/mol. The van der Waals surface area contributed by atoms with Gasteiger partial charge in [-0.1, -0.05) is 48.0 Å². The number of benzene rings is 2. The minimum absolute atomic E-state index is 0.0963. The molecule has 1 amide bonds. The van der Waals surface area contributed by atoms with Gasteiger partial charge in [0, 0.05) is 19.0 Å². The van der Waals surface area contributed by atoms with Crippen LogP contribution in [0, 0.1) is 6.92 Å². The maximum Gasteiger partial charge on any atom is 0.303 e. The minimum Gasteiger partial charge on any atom is -0.508 e. The second-order valence-electron chi connectivity index (χ2n) is 6.37. The third-order valence-electron chi connectivity index (χ3n) is 4.40. The Morgan fingerprint density at radius 2 is 1.96 bits per heavy atom. The summed E-state index contributed by atoms with van der Waals surface area (Å²) in [6, 6.07) is 14.4. The highest BCUT2D eigenvalue weighted by atomic mass is 16.5. The zero-order chi connectivity index (χ0) is 18.0. The van der Waals surface area contributed by atoms with E-state index < -0.39 is 18.1 Å². The van der Waals surface area contributed by atoms with Crippen LogP contribution in [0.4, 0.5) is 0 Å². The first-order valence-corrected chi connectivity index (χ1v) is 8.26. The summed E-state index contributed by atoms with van der Waals surface area (Å²) in [5.41, 5.74) is 2.55. The SMILES string of the molecule is CC(=O)OC1CC(=O)N(Cc2ccccc2)C1c1cc(C)ccc1O. The van der Waals surface area contributed by atoms with Crippen molar-refractivity contribution in [2.24, 2.45) is 0 Å².